The number of benzene rings is 2. The van der Waals surface area contributed by atoms with Crippen LogP contribution in [0.3, 0.4) is 0 Å². The Labute approximate surface area is 627 Å². The molecule has 2 aromatic carbocycles. The van der Waals surface area contributed by atoms with Crippen LogP contribution in [0.4, 0.5) is 0 Å². The van der Waals surface area contributed by atoms with Crippen LogP contribution in [0.2, 0.25) is 0 Å². The van der Waals surface area contributed by atoms with Crippen molar-refractivity contribution >= 4 is 11.4 Å². The fraction of sp³-hybridized carbons (Fsp3) is 0.811. The van der Waals surface area contributed by atoms with Crippen molar-refractivity contribution in [3.63, 3.8) is 0 Å². The average Bonchev–Trinajstić information content (AvgIpc) is 1.61. The van der Waals surface area contributed by atoms with Crippen LogP contribution in [0, 0.1) is 13.8 Å². The minimum atomic E-state index is 0. The smallest absolute Gasteiger partial charge is 0.493 e. The molecule has 98 heavy (non-hydrogen) atoms. The summed E-state index contributed by atoms with van der Waals surface area (Å²) in [5, 5.41) is 0. The summed E-state index contributed by atoms with van der Waals surface area (Å²) >= 11 is 0. The van der Waals surface area contributed by atoms with Gasteiger partial charge in [-0.25, -0.2) is 4.70 Å². The predicted octanol–water partition coefficient (Wildman–Crippen LogP) is 34.6. The van der Waals surface area contributed by atoms with Crippen LogP contribution in [0.5, 0.6) is 0 Å². The molecular formula is C95H172N2Ni. The van der Waals surface area contributed by atoms with Crippen molar-refractivity contribution in [1.29, 1.82) is 0 Å². The van der Waals surface area contributed by atoms with Crippen molar-refractivity contribution in [2.75, 3.05) is 0 Å². The fourth-order valence-electron chi connectivity index (χ4n) is 15.0. The first kappa shape index (κ1) is 96.0. The zero-order valence-electron chi connectivity index (χ0n) is 67.4. The Bertz CT molecular complexity index is 1890. The average molecular weight is 1400 g/mol. The molecule has 3 heteroatoms. The normalized spacial score (nSPS) is 12.2. The largest absolute Gasteiger partial charge is 2.00 e. The molecule has 0 radical (unpaired) electrons. The Morgan fingerprint density at radius 3 is 0.765 bits per heavy atom. The molecule has 1 heterocycles. The van der Waals surface area contributed by atoms with Gasteiger partial charge in [0.15, 0.2) is 0 Å². The molecule has 0 atom stereocenters. The van der Waals surface area contributed by atoms with E-state index in [0.29, 0.717) is 0 Å². The zero-order valence-corrected chi connectivity index (χ0v) is 68.4. The molecule has 2 aromatic rings. The summed E-state index contributed by atoms with van der Waals surface area (Å²) in [6.45, 7) is 21.5. The molecule has 0 spiro atoms. The molecule has 572 valence electrons. The first-order chi connectivity index (χ1) is 48.0. The quantitative estimate of drug-likeness (QED) is 0.0273. The third-order valence-corrected chi connectivity index (χ3v) is 21.5. The molecule has 0 bridgehead atoms. The van der Waals surface area contributed by atoms with Gasteiger partial charge >= 0.3 is 16.5 Å². The van der Waals surface area contributed by atoms with Crippen molar-refractivity contribution in [2.24, 2.45) is 0 Å². The molecule has 0 saturated heterocycles. The topological polar surface area (TPSA) is 25.3 Å². The van der Waals surface area contributed by atoms with Crippen LogP contribution in [0.15, 0.2) is 59.7 Å². The van der Waals surface area contributed by atoms with Crippen LogP contribution in [-0.2, 0) is 29.3 Å². The molecular weight excluding hydrogens is 1230 g/mol. The van der Waals surface area contributed by atoms with E-state index in [2.05, 4.69) is 104 Å². The van der Waals surface area contributed by atoms with Crippen LogP contribution >= 0.6 is 0 Å². The molecule has 1 aliphatic rings. The second-order valence-corrected chi connectivity index (χ2v) is 30.9. The maximum atomic E-state index is 11.9. The first-order valence-corrected chi connectivity index (χ1v) is 44.7. The number of nitrogens with zero attached hydrogens (tertiary/aromatic N) is 2. The van der Waals surface area contributed by atoms with E-state index in [9.17, 15) is 5.53 Å². The molecule has 0 aliphatic carbocycles. The minimum Gasteiger partial charge on any atom is -0.493 e. The Morgan fingerprint density at radius 2 is 0.480 bits per heavy atom. The van der Waals surface area contributed by atoms with Gasteiger partial charge in [-0.15, -0.1) is 0 Å². The van der Waals surface area contributed by atoms with Crippen LogP contribution in [-0.4, -0.2) is 4.70 Å². The van der Waals surface area contributed by atoms with E-state index in [-0.39, 0.29) is 16.5 Å². The SMILES string of the molecule is CCCCCCCCCCc1ccc(C2=C(CCCCCCCC)C(CC)=C(c3cccc(CCCCC)c3)[N+]2=[N-])cc1.[CH2-]CCCCCCCCCCCCCCCCCCCCCCCCCC.[CH2-]CCCCCCCCCCCCCCCCCCCCCCCCCC.[Ni+2]. The summed E-state index contributed by atoms with van der Waals surface area (Å²) in [7, 11) is 0. The van der Waals surface area contributed by atoms with Gasteiger partial charge in [0, 0.05) is 22.3 Å². The zero-order chi connectivity index (χ0) is 70.1. The molecule has 0 amide bonds. The van der Waals surface area contributed by atoms with Gasteiger partial charge in [0.25, 0.3) is 0 Å². The van der Waals surface area contributed by atoms with E-state index in [1.165, 1.54) is 440 Å². The fourth-order valence-corrected chi connectivity index (χ4v) is 15.0. The Kier molecular flexibility index (Phi) is 76.0. The van der Waals surface area contributed by atoms with E-state index in [4.69, 9.17) is 0 Å². The molecule has 3 rings (SSSR count). The summed E-state index contributed by atoms with van der Waals surface area (Å²) in [6, 6.07) is 18.1. The van der Waals surface area contributed by atoms with Gasteiger partial charge in [-0.3, -0.25) is 0 Å². The summed E-state index contributed by atoms with van der Waals surface area (Å²) in [4.78, 5) is 0. The van der Waals surface area contributed by atoms with Crippen molar-refractivity contribution in [3.05, 3.63) is 101 Å². The van der Waals surface area contributed by atoms with E-state index in [1.807, 2.05) is 0 Å². The van der Waals surface area contributed by atoms with Gasteiger partial charge < -0.3 is 19.4 Å². The standard InChI is InChI=1S/C41H62N2.2C27H55.Ni/c1-5-9-12-14-16-17-18-21-24-34-29-31-36(32-30-34)40-39(28-22-19-15-13-10-6-2)38(8-4)41(43(40)42)37-27-23-26-35(33-37)25-20-11-7-3;2*1-3-5-7-9-11-13-15-17-19-21-23-25-27-26-24-22-20-18-16-14-12-10-8-6-4-2;/h23,26-27,29-33H,5-22,24-25,28H2,1-4H3;2*1,3-27H2,2H3;/q;2*-1;+2. The summed E-state index contributed by atoms with van der Waals surface area (Å²) in [6.07, 6.45) is 99.1. The molecule has 0 fully saturated rings. The molecule has 1 aliphatic heterocycles. The summed E-state index contributed by atoms with van der Waals surface area (Å²) in [5.41, 5.74) is 21.6. The second-order valence-electron chi connectivity index (χ2n) is 30.9. The van der Waals surface area contributed by atoms with Crippen LogP contribution in [0.25, 0.3) is 16.9 Å². The van der Waals surface area contributed by atoms with Crippen molar-refractivity contribution in [3.8, 4) is 0 Å². The Morgan fingerprint density at radius 1 is 0.245 bits per heavy atom. The molecule has 0 aromatic heterocycles. The summed E-state index contributed by atoms with van der Waals surface area (Å²) in [5.74, 6) is 0. The van der Waals surface area contributed by atoms with Crippen LogP contribution in [0.1, 0.15) is 507 Å². The van der Waals surface area contributed by atoms with Crippen molar-refractivity contribution < 1.29 is 21.2 Å². The molecule has 0 N–H and O–H groups in total. The van der Waals surface area contributed by atoms with E-state index >= 15 is 0 Å². The number of rotatable bonds is 71. The van der Waals surface area contributed by atoms with Crippen molar-refractivity contribution in [2.45, 2.75) is 497 Å². The molecule has 2 nitrogen and oxygen atoms in total. The number of allylic oxidation sites excluding steroid dienone is 2. The summed E-state index contributed by atoms with van der Waals surface area (Å²) < 4.78 is 1.55. The van der Waals surface area contributed by atoms with E-state index in [1.54, 1.807) is 4.70 Å². The third kappa shape index (κ3) is 57.4. The number of hydrogen-bond donors (Lipinski definition) is 0. The first-order valence-electron chi connectivity index (χ1n) is 44.7. The Balaban J connectivity index is 0.00000150. The maximum Gasteiger partial charge on any atom is 2.00 e. The molecule has 0 unspecified atom stereocenters. The van der Waals surface area contributed by atoms with Crippen molar-refractivity contribution in [1.82, 2.24) is 0 Å². The number of hydrogen-bond acceptors (Lipinski definition) is 0. The van der Waals surface area contributed by atoms with E-state index in [0.717, 1.165) is 61.0 Å². The Hall–Kier alpha value is -1.99. The van der Waals surface area contributed by atoms with Crippen LogP contribution < -0.4 is 0 Å². The van der Waals surface area contributed by atoms with E-state index < -0.39 is 0 Å². The van der Waals surface area contributed by atoms with Gasteiger partial charge in [0.05, 0.1) is 0 Å². The predicted molar refractivity (Wildman–Crippen MR) is 441 cm³/mol. The third-order valence-electron chi connectivity index (χ3n) is 21.5. The minimum absolute atomic E-state index is 0. The maximum absolute atomic E-state index is 11.9. The van der Waals surface area contributed by atoms with Gasteiger partial charge in [0.2, 0.25) is 11.4 Å². The van der Waals surface area contributed by atoms with Gasteiger partial charge in [0.1, 0.15) is 0 Å². The number of aryl methyl sites for hydroxylation is 2. The molecule has 0 saturated carbocycles. The van der Waals surface area contributed by atoms with Gasteiger partial charge in [-0.2, -0.15) is 12.8 Å². The second kappa shape index (κ2) is 77.6. The number of unbranched alkanes of at least 4 members (excludes halogenated alkanes) is 62. The van der Waals surface area contributed by atoms with Gasteiger partial charge in [-0.05, 0) is 80.3 Å². The van der Waals surface area contributed by atoms with Gasteiger partial charge in [-0.1, -0.05) is 464 Å². The monoisotopic (exact) mass is 1400 g/mol.